The molecule has 1 aromatic carbocycles. The van der Waals surface area contributed by atoms with Crippen LogP contribution in [0.15, 0.2) is 28.7 Å². The number of hydrogen-bond donors (Lipinski definition) is 1. The smallest absolute Gasteiger partial charge is 0.223 e. The summed E-state index contributed by atoms with van der Waals surface area (Å²) in [5.41, 5.74) is 0.977. The number of amides is 1. The predicted molar refractivity (Wildman–Crippen MR) is 86.6 cm³/mol. The highest BCUT2D eigenvalue weighted by molar-refractivity contribution is 6.42. The molecule has 1 aromatic heterocycles. The number of rotatable bonds is 6. The molecule has 1 amide bonds. The van der Waals surface area contributed by atoms with Gasteiger partial charge in [-0.3, -0.25) is 4.79 Å². The maximum atomic E-state index is 11.8. The van der Waals surface area contributed by atoms with Crippen molar-refractivity contribution in [2.45, 2.75) is 26.8 Å². The van der Waals surface area contributed by atoms with Crippen LogP contribution in [0.3, 0.4) is 0 Å². The van der Waals surface area contributed by atoms with E-state index in [1.807, 2.05) is 19.9 Å². The van der Waals surface area contributed by atoms with Crippen molar-refractivity contribution in [3.8, 4) is 5.75 Å². The largest absolute Gasteiger partial charge is 0.491 e. The summed E-state index contributed by atoms with van der Waals surface area (Å²) in [4.78, 5) is 11.8. The number of ether oxygens (including phenoxy) is 1. The van der Waals surface area contributed by atoms with Crippen LogP contribution in [0.2, 0.25) is 10.0 Å². The molecule has 0 aliphatic heterocycles. The van der Waals surface area contributed by atoms with Crippen molar-refractivity contribution < 1.29 is 13.9 Å². The molecule has 0 saturated heterocycles. The highest BCUT2D eigenvalue weighted by Crippen LogP contribution is 2.31. The SMILES string of the molecule is Cc1cc(CNC(=O)CCOc2cccc(Cl)c2Cl)c(C)o1. The summed E-state index contributed by atoms with van der Waals surface area (Å²) in [6.07, 6.45) is 0.235. The van der Waals surface area contributed by atoms with Crippen molar-refractivity contribution in [1.82, 2.24) is 5.32 Å². The molecule has 118 valence electrons. The Bertz CT molecular complexity index is 667. The van der Waals surface area contributed by atoms with E-state index in [2.05, 4.69) is 5.32 Å². The topological polar surface area (TPSA) is 51.5 Å². The standard InChI is InChI=1S/C16H17Cl2NO3/c1-10-8-12(11(2)22-10)9-19-15(20)6-7-21-14-5-3-4-13(17)16(14)18/h3-5,8H,6-7,9H2,1-2H3,(H,19,20). The summed E-state index contributed by atoms with van der Waals surface area (Å²) in [5, 5.41) is 3.61. The molecule has 0 atom stereocenters. The van der Waals surface area contributed by atoms with Gasteiger partial charge in [-0.2, -0.15) is 0 Å². The normalized spacial score (nSPS) is 10.5. The Morgan fingerprint density at radius 3 is 2.77 bits per heavy atom. The average Bonchev–Trinajstić information content (AvgIpc) is 2.79. The van der Waals surface area contributed by atoms with Crippen LogP contribution in [0.25, 0.3) is 0 Å². The van der Waals surface area contributed by atoms with Crippen molar-refractivity contribution in [1.29, 1.82) is 0 Å². The van der Waals surface area contributed by atoms with Crippen LogP contribution in [-0.2, 0) is 11.3 Å². The van der Waals surface area contributed by atoms with Gasteiger partial charge in [-0.1, -0.05) is 29.3 Å². The number of furan rings is 1. The van der Waals surface area contributed by atoms with Gasteiger partial charge in [-0.05, 0) is 32.0 Å². The first-order valence-corrected chi connectivity index (χ1v) is 7.62. The van der Waals surface area contributed by atoms with Gasteiger partial charge in [0.05, 0.1) is 18.1 Å². The molecule has 0 bridgehead atoms. The number of hydrogen-bond acceptors (Lipinski definition) is 3. The Kier molecular flexibility index (Phi) is 5.75. The Labute approximate surface area is 139 Å². The molecule has 2 rings (SSSR count). The van der Waals surface area contributed by atoms with Crippen molar-refractivity contribution in [3.05, 3.63) is 51.4 Å². The summed E-state index contributed by atoms with van der Waals surface area (Å²) in [7, 11) is 0. The fourth-order valence-corrected chi connectivity index (χ4v) is 2.34. The third-order valence-corrected chi connectivity index (χ3v) is 3.92. The first-order chi connectivity index (χ1) is 10.5. The van der Waals surface area contributed by atoms with Gasteiger partial charge in [0.15, 0.2) is 0 Å². The van der Waals surface area contributed by atoms with Crippen molar-refractivity contribution in [2.75, 3.05) is 6.61 Å². The Hall–Kier alpha value is -1.65. The quantitative estimate of drug-likeness (QED) is 0.852. The van der Waals surface area contributed by atoms with Crippen LogP contribution in [0.5, 0.6) is 5.75 Å². The van der Waals surface area contributed by atoms with E-state index in [1.54, 1.807) is 18.2 Å². The van der Waals surface area contributed by atoms with E-state index in [9.17, 15) is 4.79 Å². The second kappa shape index (κ2) is 7.56. The molecule has 0 saturated carbocycles. The summed E-state index contributed by atoms with van der Waals surface area (Å²) in [6, 6.07) is 7.05. The van der Waals surface area contributed by atoms with Crippen LogP contribution in [-0.4, -0.2) is 12.5 Å². The molecule has 22 heavy (non-hydrogen) atoms. The highest BCUT2D eigenvalue weighted by atomic mass is 35.5. The van der Waals surface area contributed by atoms with Gasteiger partial charge in [0.25, 0.3) is 0 Å². The second-order valence-electron chi connectivity index (χ2n) is 4.87. The van der Waals surface area contributed by atoms with Gasteiger partial charge in [0, 0.05) is 12.1 Å². The number of halogens is 2. The summed E-state index contributed by atoms with van der Waals surface area (Å²) in [5.74, 6) is 2.03. The minimum atomic E-state index is -0.101. The fraction of sp³-hybridized carbons (Fsp3) is 0.312. The molecule has 1 heterocycles. The average molecular weight is 342 g/mol. The lowest BCUT2D eigenvalue weighted by Crippen LogP contribution is -2.24. The van der Waals surface area contributed by atoms with Gasteiger partial charge < -0.3 is 14.5 Å². The fourth-order valence-electron chi connectivity index (χ4n) is 1.99. The van der Waals surface area contributed by atoms with Crippen LogP contribution in [0.4, 0.5) is 0 Å². The van der Waals surface area contributed by atoms with E-state index in [0.717, 1.165) is 17.1 Å². The predicted octanol–water partition coefficient (Wildman–Crippen LogP) is 4.29. The Morgan fingerprint density at radius 2 is 2.09 bits per heavy atom. The van der Waals surface area contributed by atoms with Gasteiger partial charge in [0.1, 0.15) is 22.3 Å². The third kappa shape index (κ3) is 4.42. The Balaban J connectivity index is 1.76. The van der Waals surface area contributed by atoms with Crippen LogP contribution < -0.4 is 10.1 Å². The van der Waals surface area contributed by atoms with Crippen molar-refractivity contribution >= 4 is 29.1 Å². The van der Waals surface area contributed by atoms with E-state index in [0.29, 0.717) is 22.3 Å². The lowest BCUT2D eigenvalue weighted by atomic mass is 10.2. The van der Waals surface area contributed by atoms with Crippen molar-refractivity contribution in [2.24, 2.45) is 0 Å². The minimum absolute atomic E-state index is 0.101. The van der Waals surface area contributed by atoms with Crippen LogP contribution >= 0.6 is 23.2 Å². The van der Waals surface area contributed by atoms with E-state index in [1.165, 1.54) is 0 Å². The molecule has 4 nitrogen and oxygen atoms in total. The second-order valence-corrected chi connectivity index (χ2v) is 5.65. The molecule has 0 spiro atoms. The molecular weight excluding hydrogens is 325 g/mol. The van der Waals surface area contributed by atoms with Crippen LogP contribution in [0.1, 0.15) is 23.5 Å². The summed E-state index contributed by atoms with van der Waals surface area (Å²) in [6.45, 7) is 4.43. The number of carbonyl (C=O) groups excluding carboxylic acids is 1. The summed E-state index contributed by atoms with van der Waals surface area (Å²) >= 11 is 11.9. The first kappa shape index (κ1) is 16.7. The first-order valence-electron chi connectivity index (χ1n) is 6.87. The maximum Gasteiger partial charge on any atom is 0.223 e. The third-order valence-electron chi connectivity index (χ3n) is 3.12. The van der Waals surface area contributed by atoms with E-state index < -0.39 is 0 Å². The van der Waals surface area contributed by atoms with Gasteiger partial charge >= 0.3 is 0 Å². The van der Waals surface area contributed by atoms with E-state index in [-0.39, 0.29) is 18.9 Å². The zero-order valence-electron chi connectivity index (χ0n) is 12.4. The lowest BCUT2D eigenvalue weighted by Gasteiger charge is -2.09. The number of nitrogens with one attached hydrogen (secondary N) is 1. The molecular formula is C16H17Cl2NO3. The van der Waals surface area contributed by atoms with Gasteiger partial charge in [0.2, 0.25) is 5.91 Å². The van der Waals surface area contributed by atoms with Crippen molar-refractivity contribution in [3.63, 3.8) is 0 Å². The van der Waals surface area contributed by atoms with Gasteiger partial charge in [-0.25, -0.2) is 0 Å². The van der Waals surface area contributed by atoms with Gasteiger partial charge in [-0.15, -0.1) is 0 Å². The molecule has 0 fully saturated rings. The molecule has 0 aliphatic carbocycles. The molecule has 1 N–H and O–H groups in total. The van der Waals surface area contributed by atoms with Crippen LogP contribution in [0, 0.1) is 13.8 Å². The van der Waals surface area contributed by atoms with E-state index >= 15 is 0 Å². The molecule has 0 aliphatic rings. The minimum Gasteiger partial charge on any atom is -0.491 e. The maximum absolute atomic E-state index is 11.8. The zero-order chi connectivity index (χ0) is 16.1. The Morgan fingerprint density at radius 1 is 1.32 bits per heavy atom. The molecule has 6 heteroatoms. The number of benzene rings is 1. The molecule has 2 aromatic rings. The monoisotopic (exact) mass is 341 g/mol. The molecule has 0 radical (unpaired) electrons. The highest BCUT2D eigenvalue weighted by Gasteiger charge is 2.09. The zero-order valence-corrected chi connectivity index (χ0v) is 13.9. The summed E-state index contributed by atoms with van der Waals surface area (Å²) < 4.78 is 10.9. The molecule has 0 unspecified atom stereocenters. The van der Waals surface area contributed by atoms with E-state index in [4.69, 9.17) is 32.4 Å². The lowest BCUT2D eigenvalue weighted by molar-refractivity contribution is -0.121. The number of aryl methyl sites for hydroxylation is 2. The number of carbonyl (C=O) groups is 1.